The maximum atomic E-state index is 13.3. The SMILES string of the molecule is COc1cc(CC(=O)N2CCCC2COc2ccc(C(=O)O)cc2)ccc1NC(Nc1ccccc1Br)=C1CCC1. The fourth-order valence-electron chi connectivity index (χ4n) is 5.09. The van der Waals surface area contributed by atoms with E-state index in [1.165, 1.54) is 24.1 Å². The molecule has 0 radical (unpaired) electrons. The monoisotopic (exact) mass is 619 g/mol. The first-order valence-corrected chi connectivity index (χ1v) is 14.6. The molecule has 5 rings (SSSR count). The van der Waals surface area contributed by atoms with Crippen molar-refractivity contribution in [2.24, 2.45) is 0 Å². The van der Waals surface area contributed by atoms with Crippen molar-refractivity contribution in [3.8, 4) is 11.5 Å². The first-order chi connectivity index (χ1) is 19.9. The fourth-order valence-corrected chi connectivity index (χ4v) is 5.48. The largest absolute Gasteiger partial charge is 0.495 e. The van der Waals surface area contributed by atoms with Gasteiger partial charge >= 0.3 is 5.97 Å². The molecule has 1 unspecified atom stereocenters. The highest BCUT2D eigenvalue weighted by Gasteiger charge is 2.29. The molecule has 3 aromatic carbocycles. The molecule has 1 amide bonds. The molecule has 1 aliphatic heterocycles. The van der Waals surface area contributed by atoms with Crippen molar-refractivity contribution in [2.45, 2.75) is 44.6 Å². The molecule has 3 N–H and O–H groups in total. The number of anilines is 2. The molecule has 0 spiro atoms. The van der Waals surface area contributed by atoms with Crippen molar-refractivity contribution in [3.63, 3.8) is 0 Å². The van der Waals surface area contributed by atoms with E-state index in [1.54, 1.807) is 19.2 Å². The van der Waals surface area contributed by atoms with Gasteiger partial charge in [-0.3, -0.25) is 4.79 Å². The highest BCUT2D eigenvalue weighted by Crippen LogP contribution is 2.34. The standard InChI is InChI=1S/C32H34BrN3O5/c1-40-29-18-21(11-16-28(29)35-31(22-6-4-7-22)34-27-10-3-2-9-26(27)33)19-30(37)36-17-5-8-24(36)20-41-25-14-12-23(13-15-25)32(38)39/h2-3,9-16,18,24,34-35H,4-8,17,19-20H2,1H3,(H,38,39). The number of halogens is 1. The average Bonchev–Trinajstić information content (AvgIpc) is 3.42. The number of hydrogen-bond donors (Lipinski definition) is 3. The Morgan fingerprint density at radius 1 is 1.00 bits per heavy atom. The van der Waals surface area contributed by atoms with Crippen molar-refractivity contribution < 1.29 is 24.2 Å². The van der Waals surface area contributed by atoms with E-state index in [0.29, 0.717) is 24.7 Å². The smallest absolute Gasteiger partial charge is 0.335 e. The van der Waals surface area contributed by atoms with Crippen LogP contribution in [0.2, 0.25) is 0 Å². The van der Waals surface area contributed by atoms with Crippen LogP contribution in [0.5, 0.6) is 11.5 Å². The van der Waals surface area contributed by atoms with Crippen LogP contribution < -0.4 is 20.1 Å². The van der Waals surface area contributed by atoms with E-state index in [2.05, 4.69) is 26.6 Å². The predicted octanol–water partition coefficient (Wildman–Crippen LogP) is 6.69. The molecule has 0 bridgehead atoms. The van der Waals surface area contributed by atoms with Gasteiger partial charge in [-0.05, 0) is 108 Å². The van der Waals surface area contributed by atoms with Crippen LogP contribution in [0.4, 0.5) is 11.4 Å². The maximum Gasteiger partial charge on any atom is 0.335 e. The molecule has 8 nitrogen and oxygen atoms in total. The summed E-state index contributed by atoms with van der Waals surface area (Å²) in [5.74, 6) is 1.30. The van der Waals surface area contributed by atoms with Crippen LogP contribution in [-0.4, -0.2) is 48.2 Å². The molecule has 1 saturated heterocycles. The third-order valence-electron chi connectivity index (χ3n) is 7.57. The van der Waals surface area contributed by atoms with Gasteiger partial charge in [0.1, 0.15) is 23.9 Å². The normalized spacial score (nSPS) is 16.1. The minimum absolute atomic E-state index is 0.0236. The Kier molecular flexibility index (Phi) is 9.14. The number of carboxylic acids is 1. The second kappa shape index (κ2) is 13.1. The number of carboxylic acid groups (broad SMARTS) is 1. The van der Waals surface area contributed by atoms with E-state index in [9.17, 15) is 9.59 Å². The molecule has 3 aromatic rings. The van der Waals surface area contributed by atoms with Crippen molar-refractivity contribution in [1.82, 2.24) is 4.90 Å². The number of benzene rings is 3. The molecule has 1 aliphatic carbocycles. The molecule has 2 aliphatic rings. The summed E-state index contributed by atoms with van der Waals surface area (Å²) in [5.41, 5.74) is 4.24. The zero-order valence-corrected chi connectivity index (χ0v) is 24.6. The summed E-state index contributed by atoms with van der Waals surface area (Å²) in [7, 11) is 1.64. The Morgan fingerprint density at radius 3 is 2.44 bits per heavy atom. The minimum atomic E-state index is -0.975. The lowest BCUT2D eigenvalue weighted by molar-refractivity contribution is -0.131. The van der Waals surface area contributed by atoms with Gasteiger partial charge in [-0.15, -0.1) is 0 Å². The molecular weight excluding hydrogens is 586 g/mol. The number of para-hydroxylation sites is 1. The van der Waals surface area contributed by atoms with E-state index in [4.69, 9.17) is 14.6 Å². The first-order valence-electron chi connectivity index (χ1n) is 13.8. The van der Waals surface area contributed by atoms with Gasteiger partial charge < -0.3 is 30.1 Å². The van der Waals surface area contributed by atoms with Gasteiger partial charge in [-0.2, -0.15) is 0 Å². The topological polar surface area (TPSA) is 100 Å². The molecular formula is C32H34BrN3O5. The maximum absolute atomic E-state index is 13.3. The van der Waals surface area contributed by atoms with Gasteiger partial charge in [-0.1, -0.05) is 18.2 Å². The Labute approximate surface area is 248 Å². The minimum Gasteiger partial charge on any atom is -0.495 e. The number of rotatable bonds is 11. The zero-order valence-electron chi connectivity index (χ0n) is 23.0. The fraction of sp³-hybridized carbons (Fsp3) is 0.312. The number of hydrogen-bond acceptors (Lipinski definition) is 6. The molecule has 1 saturated carbocycles. The molecule has 1 atom stereocenters. The Balaban J connectivity index is 1.22. The third-order valence-corrected chi connectivity index (χ3v) is 8.26. The number of nitrogens with one attached hydrogen (secondary N) is 2. The van der Waals surface area contributed by atoms with Gasteiger partial charge in [0.2, 0.25) is 5.91 Å². The number of likely N-dealkylation sites (tertiary alicyclic amines) is 1. The lowest BCUT2D eigenvalue weighted by Gasteiger charge is -2.26. The number of amides is 1. The summed E-state index contributed by atoms with van der Waals surface area (Å²) in [6.45, 7) is 1.06. The van der Waals surface area contributed by atoms with Crippen molar-refractivity contribution in [1.29, 1.82) is 0 Å². The number of allylic oxidation sites excluding steroid dienone is 1. The second-order valence-electron chi connectivity index (χ2n) is 10.3. The quantitative estimate of drug-likeness (QED) is 0.220. The number of ether oxygens (including phenoxy) is 2. The highest BCUT2D eigenvalue weighted by atomic mass is 79.9. The van der Waals surface area contributed by atoms with Crippen LogP contribution in [0.3, 0.4) is 0 Å². The molecule has 9 heteroatoms. The van der Waals surface area contributed by atoms with Crippen molar-refractivity contribution in [3.05, 3.63) is 93.7 Å². The Bertz CT molecular complexity index is 1430. The number of aromatic carboxylic acids is 1. The summed E-state index contributed by atoms with van der Waals surface area (Å²) in [6.07, 6.45) is 5.32. The van der Waals surface area contributed by atoms with Gasteiger partial charge in [0.15, 0.2) is 0 Å². The van der Waals surface area contributed by atoms with E-state index in [-0.39, 0.29) is 23.9 Å². The molecule has 1 heterocycles. The zero-order chi connectivity index (χ0) is 28.8. The van der Waals surface area contributed by atoms with Gasteiger partial charge in [0.05, 0.1) is 36.5 Å². The van der Waals surface area contributed by atoms with Crippen molar-refractivity contribution in [2.75, 3.05) is 30.9 Å². The summed E-state index contributed by atoms with van der Waals surface area (Å²) >= 11 is 3.62. The van der Waals surface area contributed by atoms with E-state index >= 15 is 0 Å². The van der Waals surface area contributed by atoms with E-state index in [1.807, 2.05) is 47.4 Å². The van der Waals surface area contributed by atoms with Gasteiger partial charge in [0, 0.05) is 11.0 Å². The molecule has 41 heavy (non-hydrogen) atoms. The van der Waals surface area contributed by atoms with Crippen LogP contribution in [0.1, 0.15) is 48.0 Å². The number of methoxy groups -OCH3 is 1. The Morgan fingerprint density at radius 2 is 1.76 bits per heavy atom. The second-order valence-corrected chi connectivity index (χ2v) is 11.2. The molecule has 0 aromatic heterocycles. The van der Waals surface area contributed by atoms with Crippen LogP contribution in [-0.2, 0) is 11.2 Å². The molecule has 2 fully saturated rings. The highest BCUT2D eigenvalue weighted by molar-refractivity contribution is 9.10. The molecule has 214 valence electrons. The van der Waals surface area contributed by atoms with Crippen LogP contribution in [0.15, 0.2) is 82.6 Å². The summed E-state index contributed by atoms with van der Waals surface area (Å²) in [5, 5.41) is 16.2. The summed E-state index contributed by atoms with van der Waals surface area (Å²) in [4.78, 5) is 26.3. The first kappa shape index (κ1) is 28.5. The predicted molar refractivity (Wildman–Crippen MR) is 163 cm³/mol. The van der Waals surface area contributed by atoms with Crippen LogP contribution in [0.25, 0.3) is 0 Å². The lowest BCUT2D eigenvalue weighted by atomic mass is 9.92. The third kappa shape index (κ3) is 7.03. The van der Waals surface area contributed by atoms with Crippen LogP contribution in [0, 0.1) is 0 Å². The number of nitrogens with zero attached hydrogens (tertiary/aromatic N) is 1. The van der Waals surface area contributed by atoms with Gasteiger partial charge in [0.25, 0.3) is 0 Å². The lowest BCUT2D eigenvalue weighted by Crippen LogP contribution is -2.39. The van der Waals surface area contributed by atoms with Crippen molar-refractivity contribution >= 4 is 39.2 Å². The Hall–Kier alpha value is -3.98. The van der Waals surface area contributed by atoms with E-state index < -0.39 is 5.97 Å². The number of carbonyl (C=O) groups excluding carboxylic acids is 1. The average molecular weight is 621 g/mol. The van der Waals surface area contributed by atoms with E-state index in [0.717, 1.165) is 52.9 Å². The summed E-state index contributed by atoms with van der Waals surface area (Å²) in [6, 6.07) is 20.2. The van der Waals surface area contributed by atoms with Crippen LogP contribution >= 0.6 is 15.9 Å². The number of carbonyl (C=O) groups is 2. The van der Waals surface area contributed by atoms with Gasteiger partial charge in [-0.25, -0.2) is 4.79 Å². The summed E-state index contributed by atoms with van der Waals surface area (Å²) < 4.78 is 12.6.